The maximum Gasteiger partial charge on any atom is 0.266 e. The Labute approximate surface area is 160 Å². The second-order valence-electron chi connectivity index (χ2n) is 5.55. The monoisotopic (exact) mass is 394 g/mol. The molecule has 0 N–H and O–H groups in total. The highest BCUT2D eigenvalue weighted by Crippen LogP contribution is 2.29. The molecule has 1 fully saturated rings. The summed E-state index contributed by atoms with van der Waals surface area (Å²) in [5, 5.41) is 2.24. The van der Waals surface area contributed by atoms with E-state index in [1.165, 1.54) is 0 Å². The summed E-state index contributed by atoms with van der Waals surface area (Å²) in [6.45, 7) is 2.63. The van der Waals surface area contributed by atoms with Crippen LogP contribution in [0.5, 0.6) is 5.75 Å². The minimum Gasteiger partial charge on any atom is -0.484 e. The van der Waals surface area contributed by atoms with E-state index in [0.29, 0.717) is 27.5 Å². The molecular formula is C18H16Cl2N2O2S. The zero-order valence-corrected chi connectivity index (χ0v) is 15.8. The summed E-state index contributed by atoms with van der Waals surface area (Å²) < 4.78 is 5.55. The molecule has 2 aromatic carbocycles. The number of hydrogen-bond acceptors (Lipinski definition) is 4. The average molecular weight is 395 g/mol. The van der Waals surface area contributed by atoms with Crippen LogP contribution in [-0.4, -0.2) is 34.4 Å². The van der Waals surface area contributed by atoms with Gasteiger partial charge in [-0.05, 0) is 48.5 Å². The summed E-state index contributed by atoms with van der Waals surface area (Å²) in [6, 6.07) is 14.1. The van der Waals surface area contributed by atoms with Gasteiger partial charge in [0.2, 0.25) is 0 Å². The van der Waals surface area contributed by atoms with Crippen LogP contribution in [0.3, 0.4) is 0 Å². The molecule has 7 heteroatoms. The zero-order chi connectivity index (χ0) is 17.8. The van der Waals surface area contributed by atoms with Crippen LogP contribution < -0.4 is 4.74 Å². The number of nitrogens with zero attached hydrogens (tertiary/aromatic N) is 2. The molecule has 3 rings (SSSR count). The molecule has 0 unspecified atom stereocenters. The zero-order valence-electron chi connectivity index (χ0n) is 13.5. The van der Waals surface area contributed by atoms with Crippen molar-refractivity contribution in [2.75, 3.05) is 13.2 Å². The minimum atomic E-state index is -0.125. The molecule has 1 aliphatic heterocycles. The van der Waals surface area contributed by atoms with E-state index in [4.69, 9.17) is 27.9 Å². The summed E-state index contributed by atoms with van der Waals surface area (Å²) in [4.78, 5) is 18.8. The molecule has 1 atom stereocenters. The maximum absolute atomic E-state index is 12.5. The van der Waals surface area contributed by atoms with E-state index in [9.17, 15) is 4.79 Å². The number of thioether (sulfide) groups is 1. The van der Waals surface area contributed by atoms with Crippen LogP contribution in [0, 0.1) is 0 Å². The Morgan fingerprint density at radius 3 is 2.40 bits per heavy atom. The van der Waals surface area contributed by atoms with Crippen LogP contribution in [-0.2, 0) is 4.79 Å². The molecule has 1 amide bonds. The predicted octanol–water partition coefficient (Wildman–Crippen LogP) is 5.02. The van der Waals surface area contributed by atoms with Gasteiger partial charge in [0.15, 0.2) is 11.8 Å². The lowest BCUT2D eigenvalue weighted by molar-refractivity contribution is -0.129. The fraction of sp³-hybridized carbons (Fsp3) is 0.222. The Morgan fingerprint density at radius 1 is 1.16 bits per heavy atom. The van der Waals surface area contributed by atoms with Gasteiger partial charge in [-0.1, -0.05) is 41.9 Å². The first-order valence-corrected chi connectivity index (χ1v) is 9.34. The number of hydrogen-bond donors (Lipinski definition) is 0. The first kappa shape index (κ1) is 18.1. The van der Waals surface area contributed by atoms with Gasteiger partial charge in [-0.25, -0.2) is 4.99 Å². The van der Waals surface area contributed by atoms with E-state index in [-0.39, 0.29) is 17.8 Å². The number of benzene rings is 2. The maximum atomic E-state index is 12.5. The predicted molar refractivity (Wildman–Crippen MR) is 104 cm³/mol. The lowest BCUT2D eigenvalue weighted by atomic mass is 10.3. The lowest BCUT2D eigenvalue weighted by Gasteiger charge is -2.16. The molecule has 2 aromatic rings. The van der Waals surface area contributed by atoms with E-state index in [1.54, 1.807) is 53.1 Å². The van der Waals surface area contributed by atoms with Gasteiger partial charge in [-0.15, -0.1) is 0 Å². The molecule has 1 saturated heterocycles. The minimum absolute atomic E-state index is 0.0471. The molecule has 4 nitrogen and oxygen atoms in total. The summed E-state index contributed by atoms with van der Waals surface area (Å²) in [5.41, 5.74) is 0.761. The largest absolute Gasteiger partial charge is 0.484 e. The molecule has 0 bridgehead atoms. The van der Waals surface area contributed by atoms with Crippen molar-refractivity contribution < 1.29 is 9.53 Å². The molecule has 0 saturated carbocycles. The van der Waals surface area contributed by atoms with Crippen LogP contribution in [0.1, 0.15) is 6.92 Å². The molecule has 0 radical (unpaired) electrons. The van der Waals surface area contributed by atoms with E-state index in [1.807, 2.05) is 12.1 Å². The van der Waals surface area contributed by atoms with Crippen molar-refractivity contribution in [1.29, 1.82) is 0 Å². The van der Waals surface area contributed by atoms with Crippen molar-refractivity contribution in [3.63, 3.8) is 0 Å². The smallest absolute Gasteiger partial charge is 0.266 e. The van der Waals surface area contributed by atoms with Crippen molar-refractivity contribution in [3.8, 4) is 5.75 Å². The second kappa shape index (κ2) is 8.13. The van der Waals surface area contributed by atoms with Crippen molar-refractivity contribution >= 4 is 51.7 Å². The molecule has 0 spiro atoms. The average Bonchev–Trinajstić information content (AvgIpc) is 2.96. The molecule has 25 heavy (non-hydrogen) atoms. The highest BCUT2D eigenvalue weighted by Gasteiger charge is 2.31. The highest BCUT2D eigenvalue weighted by atomic mass is 35.5. The number of halogens is 2. The molecule has 1 heterocycles. The Kier molecular flexibility index (Phi) is 5.89. The van der Waals surface area contributed by atoms with Gasteiger partial charge in [0.25, 0.3) is 5.91 Å². The van der Waals surface area contributed by atoms with Gasteiger partial charge in [0.1, 0.15) is 5.75 Å². The van der Waals surface area contributed by atoms with Gasteiger partial charge in [0, 0.05) is 21.8 Å². The van der Waals surface area contributed by atoms with Gasteiger partial charge in [-0.2, -0.15) is 0 Å². The Hall–Kier alpha value is -1.69. The Morgan fingerprint density at radius 2 is 1.76 bits per heavy atom. The third-order valence-corrected chi connectivity index (χ3v) is 5.08. The lowest BCUT2D eigenvalue weighted by Crippen LogP contribution is -2.36. The first-order chi connectivity index (χ1) is 12.0. The molecular weight excluding hydrogens is 379 g/mol. The normalized spacial score (nSPS) is 18.6. The number of carbonyl (C=O) groups is 1. The number of aliphatic imine (C=N–C) groups is 1. The van der Waals surface area contributed by atoms with Crippen LogP contribution in [0.2, 0.25) is 10.0 Å². The summed E-state index contributed by atoms with van der Waals surface area (Å²) in [7, 11) is 0. The van der Waals surface area contributed by atoms with Crippen molar-refractivity contribution in [2.24, 2.45) is 4.99 Å². The second-order valence-corrected chi connectivity index (χ2v) is 7.82. The van der Waals surface area contributed by atoms with E-state index in [0.717, 1.165) is 5.69 Å². The van der Waals surface area contributed by atoms with Crippen molar-refractivity contribution in [1.82, 2.24) is 4.90 Å². The van der Waals surface area contributed by atoms with Gasteiger partial charge in [-0.3, -0.25) is 9.69 Å². The van der Waals surface area contributed by atoms with Crippen LogP contribution in [0.15, 0.2) is 53.5 Å². The first-order valence-electron chi connectivity index (χ1n) is 7.71. The van der Waals surface area contributed by atoms with Gasteiger partial charge in [0.05, 0.1) is 5.69 Å². The molecule has 0 aromatic heterocycles. The fourth-order valence-electron chi connectivity index (χ4n) is 2.29. The number of amidine groups is 1. The van der Waals surface area contributed by atoms with Gasteiger partial charge >= 0.3 is 0 Å². The van der Waals surface area contributed by atoms with Crippen molar-refractivity contribution in [2.45, 2.75) is 12.2 Å². The highest BCUT2D eigenvalue weighted by molar-refractivity contribution is 8.14. The van der Waals surface area contributed by atoms with Gasteiger partial charge < -0.3 is 4.74 Å². The summed E-state index contributed by atoms with van der Waals surface area (Å²) in [5.74, 6) is 0.480. The SMILES string of the molecule is C[C@H]1CN(C(=O)COc2ccc(Cl)cc2)C(=Nc2ccc(Cl)cc2)S1. The van der Waals surface area contributed by atoms with Crippen LogP contribution in [0.4, 0.5) is 5.69 Å². The Bertz CT molecular complexity index is 779. The van der Waals surface area contributed by atoms with E-state index in [2.05, 4.69) is 11.9 Å². The van der Waals surface area contributed by atoms with Crippen LogP contribution >= 0.6 is 35.0 Å². The fourth-order valence-corrected chi connectivity index (χ4v) is 3.59. The van der Waals surface area contributed by atoms with E-state index < -0.39 is 0 Å². The number of amides is 1. The van der Waals surface area contributed by atoms with Crippen molar-refractivity contribution in [3.05, 3.63) is 58.6 Å². The number of ether oxygens (including phenoxy) is 1. The summed E-state index contributed by atoms with van der Waals surface area (Å²) >= 11 is 13.3. The Balaban J connectivity index is 1.69. The molecule has 0 aliphatic carbocycles. The topological polar surface area (TPSA) is 41.9 Å². The quantitative estimate of drug-likeness (QED) is 0.730. The number of carbonyl (C=O) groups excluding carboxylic acids is 1. The standard InChI is InChI=1S/C18H16Cl2N2O2S/c1-12-10-22(17(23)11-24-16-8-4-14(20)5-9-16)18(25-12)21-15-6-2-13(19)3-7-15/h2-9,12H,10-11H2,1H3/t12-/m0/s1. The third-order valence-electron chi connectivity index (χ3n) is 3.51. The summed E-state index contributed by atoms with van der Waals surface area (Å²) in [6.07, 6.45) is 0. The van der Waals surface area contributed by atoms with E-state index >= 15 is 0 Å². The van der Waals surface area contributed by atoms with Crippen LogP contribution in [0.25, 0.3) is 0 Å². The molecule has 1 aliphatic rings. The number of rotatable bonds is 4. The molecule has 130 valence electrons. The third kappa shape index (κ3) is 4.91.